The SMILES string of the molecule is CC1(C)C(=O)N(Cc2nc(-c3ccc(Oc4ccccc4S(=O)(=O)CC4CCCO4)c(C(F)(F)F)c3)no2)C(=O)N1CCN1CCOCC1.CC1(C)NC(=O)N(Cc2nc(-c3ccc(Oc4ccccc4S(=O)(=O)CC4CCCO4)c(C(F)(F)F)c3)no2)C1=O.CC1(C)NC(=O)NC1=O.ClCCN1CCOCC1.O=S(=O)(CC1CCCO1)c1ccccc1Oc1ccc(-c2noc(CCl)n2)cc1C(F)(F)F. The number of benzene rings is 6. The molecule has 3 aromatic heterocycles. The van der Waals surface area contributed by atoms with Crippen molar-refractivity contribution in [3.8, 4) is 68.7 Å². The van der Waals surface area contributed by atoms with Gasteiger partial charge in [0.15, 0.2) is 29.5 Å². The molecule has 0 radical (unpaired) electrons. The quantitative estimate of drug-likeness (QED) is 0.0233. The molecule has 3 N–H and O–H groups in total. The Bertz CT molecular complexity index is 6340. The van der Waals surface area contributed by atoms with E-state index in [1.807, 2.05) is 0 Å². The van der Waals surface area contributed by atoms with Crippen LogP contribution in [0.3, 0.4) is 0 Å². The number of imide groups is 3. The molecule has 17 rings (SSSR count). The number of hydrogen-bond acceptors (Lipinski definition) is 31. The predicted octanol–water partition coefficient (Wildman–Crippen LogP) is 14.1. The fourth-order valence-corrected chi connectivity index (χ4v) is 20.9. The first-order valence-corrected chi connectivity index (χ1v) is 50.2. The first-order chi connectivity index (χ1) is 66.6. The molecular formula is C90H99Cl2F9N14O23S3. The van der Waals surface area contributed by atoms with Crippen LogP contribution >= 0.6 is 23.2 Å². The molecule has 8 aliphatic heterocycles. The van der Waals surface area contributed by atoms with Crippen LogP contribution in [-0.2, 0) is 105 Å². The van der Waals surface area contributed by atoms with Gasteiger partial charge in [-0.2, -0.15) is 54.5 Å². The highest BCUT2D eigenvalue weighted by molar-refractivity contribution is 7.92. The highest BCUT2D eigenvalue weighted by Gasteiger charge is 2.52. The molecule has 0 spiro atoms. The minimum absolute atomic E-state index is 0.0362. The fourth-order valence-electron chi connectivity index (χ4n) is 15.6. The van der Waals surface area contributed by atoms with Crippen LogP contribution in [0, 0.1) is 0 Å². The number of carbonyl (C=O) groups excluding carboxylic acids is 6. The second kappa shape index (κ2) is 45.0. The molecule has 8 saturated heterocycles. The lowest BCUT2D eigenvalue weighted by Gasteiger charge is -2.32. The molecule has 6 aromatic carbocycles. The standard InChI is InChI=1S/C32H36F3N5O8S.C26H25F3N4O7S.C21H18ClF3N2O5S.C6H12ClNO.C5H8N2O2/c1-31(2)29(41)39(30(42)40(31)12-11-38-13-16-45-17-14-38)19-27-36-28(37-48-27)21-9-10-24(23(18-21)32(33,34)35)47-25-7-3-4-8-26(25)49(43,44)20-22-6-5-15-46-22;1-25(2)23(34)33(24(35)31-25)13-21-30-22(32-40-21)15-9-10-18(17(12-15)26(27,28)29)39-19-7-3-4-8-20(19)41(36,37)14-16-6-5-11-38-16;22-11-19-26-20(27-32-19)13-7-8-16(15(10-13)21(23,24)25)31-17-5-1-2-6-18(17)33(28,29)12-14-4-3-9-30-14;7-1-2-8-3-5-9-6-4-8;1-5(2)3(8)6-4(9)7-5/h3-4,7-10,18,22H,5-6,11-17,19-20H2,1-2H3;3-4,7-10,12,16H,5-6,11,13-14H2,1-2H3,(H,31,35);1-2,5-8,10,14H,3-4,9,11-12H2;1-6H2;1-2H3,(H2,6,7,8,9). The molecular weight excluding hydrogens is 1980 g/mol. The Balaban J connectivity index is 0.000000165. The van der Waals surface area contributed by atoms with Crippen LogP contribution < -0.4 is 30.2 Å². The van der Waals surface area contributed by atoms with E-state index in [0.29, 0.717) is 65.4 Å². The van der Waals surface area contributed by atoms with Crippen LogP contribution in [-0.4, -0.2) is 266 Å². The topological polar surface area (TPSA) is 448 Å². The summed E-state index contributed by atoms with van der Waals surface area (Å²) in [5.74, 6) is -4.86. The third-order valence-corrected chi connectivity index (χ3v) is 28.9. The Morgan fingerprint density at radius 3 is 1.11 bits per heavy atom. The van der Waals surface area contributed by atoms with Crippen molar-refractivity contribution < 1.29 is 145 Å². The van der Waals surface area contributed by atoms with Crippen molar-refractivity contribution in [1.29, 1.82) is 0 Å². The van der Waals surface area contributed by atoms with E-state index in [4.69, 9.17) is 74.7 Å². The highest BCUT2D eigenvalue weighted by Crippen LogP contribution is 2.47. The van der Waals surface area contributed by atoms with Crippen molar-refractivity contribution >= 4 is 88.5 Å². The summed E-state index contributed by atoms with van der Waals surface area (Å²) in [6.45, 7) is 18.6. The molecule has 9 amide bonds. The third kappa shape index (κ3) is 27.1. The van der Waals surface area contributed by atoms with Gasteiger partial charge in [0, 0.05) is 88.2 Å². The van der Waals surface area contributed by atoms with Crippen molar-refractivity contribution in [1.82, 2.24) is 70.9 Å². The number of amides is 9. The van der Waals surface area contributed by atoms with Gasteiger partial charge in [-0.05, 0) is 171 Å². The number of morpholine rings is 2. The van der Waals surface area contributed by atoms with Gasteiger partial charge in [-0.25, -0.2) is 39.6 Å². The Hall–Kier alpha value is -11.5. The molecule has 37 nitrogen and oxygen atoms in total. The highest BCUT2D eigenvalue weighted by atomic mass is 35.5. The van der Waals surface area contributed by atoms with E-state index in [0.717, 1.165) is 117 Å². The minimum atomic E-state index is -4.91. The van der Waals surface area contributed by atoms with Crippen molar-refractivity contribution in [2.75, 3.05) is 115 Å². The number of nitrogens with one attached hydrogen (secondary N) is 3. The second-order valence-corrected chi connectivity index (χ2v) is 41.3. The molecule has 9 aromatic rings. The van der Waals surface area contributed by atoms with E-state index in [1.54, 1.807) is 27.7 Å². The number of hydrogen-bond donors (Lipinski definition) is 3. The number of para-hydroxylation sites is 3. The van der Waals surface area contributed by atoms with Crippen LogP contribution in [0.1, 0.15) is 114 Å². The molecule has 8 fully saturated rings. The summed E-state index contributed by atoms with van der Waals surface area (Å²) in [5.41, 5.74) is -6.65. The molecule has 0 bridgehead atoms. The molecule has 141 heavy (non-hydrogen) atoms. The van der Waals surface area contributed by atoms with E-state index in [-0.39, 0.29) is 126 Å². The Morgan fingerprint density at radius 1 is 0.433 bits per heavy atom. The molecule has 8 aliphatic rings. The molecule has 3 atom stereocenters. The van der Waals surface area contributed by atoms with Gasteiger partial charge in [0.05, 0.1) is 78.7 Å². The van der Waals surface area contributed by atoms with Gasteiger partial charge in [0.1, 0.15) is 84.8 Å². The Labute approximate surface area is 812 Å². The van der Waals surface area contributed by atoms with Crippen molar-refractivity contribution in [3.05, 3.63) is 162 Å². The molecule has 762 valence electrons. The zero-order valence-corrected chi connectivity index (χ0v) is 80.6. The minimum Gasteiger partial charge on any atom is -0.455 e. The lowest BCUT2D eigenvalue weighted by molar-refractivity contribution is -0.139. The molecule has 3 unspecified atom stereocenters. The summed E-state index contributed by atoms with van der Waals surface area (Å²) in [7, 11) is -11.8. The summed E-state index contributed by atoms with van der Waals surface area (Å²) in [5, 5.41) is 18.2. The van der Waals surface area contributed by atoms with Crippen LogP contribution in [0.25, 0.3) is 34.2 Å². The average molecular weight is 2080 g/mol. The molecule has 0 aliphatic carbocycles. The number of nitrogens with zero attached hydrogens (tertiary/aromatic N) is 11. The van der Waals surface area contributed by atoms with Crippen LogP contribution in [0.15, 0.2) is 156 Å². The Morgan fingerprint density at radius 2 is 0.794 bits per heavy atom. The number of urea groups is 3. The van der Waals surface area contributed by atoms with Gasteiger partial charge >= 0.3 is 36.6 Å². The summed E-state index contributed by atoms with van der Waals surface area (Å²) >= 11 is 11.2. The second-order valence-electron chi connectivity index (χ2n) is 34.7. The normalized spacial score (nSPS) is 19.5. The van der Waals surface area contributed by atoms with Gasteiger partial charge < -0.3 is 67.0 Å². The summed E-state index contributed by atoms with van der Waals surface area (Å²) < 4.78 is 264. The first-order valence-electron chi connectivity index (χ1n) is 44.2. The summed E-state index contributed by atoms with van der Waals surface area (Å²) in [6, 6.07) is 24.2. The van der Waals surface area contributed by atoms with E-state index in [1.165, 1.54) is 110 Å². The molecule has 0 saturated carbocycles. The van der Waals surface area contributed by atoms with Gasteiger partial charge in [0.25, 0.3) is 17.7 Å². The van der Waals surface area contributed by atoms with Crippen molar-refractivity contribution in [2.45, 2.75) is 167 Å². The smallest absolute Gasteiger partial charge is 0.420 e. The van der Waals surface area contributed by atoms with Crippen molar-refractivity contribution in [2.24, 2.45) is 0 Å². The lowest BCUT2D eigenvalue weighted by atomic mass is 10.0. The maximum Gasteiger partial charge on any atom is 0.420 e. The predicted molar refractivity (Wildman–Crippen MR) is 482 cm³/mol. The van der Waals surface area contributed by atoms with Gasteiger partial charge in [0.2, 0.25) is 35.1 Å². The maximum atomic E-state index is 14.3. The largest absolute Gasteiger partial charge is 0.455 e. The van der Waals surface area contributed by atoms with E-state index < -0.39 is 147 Å². The Kier molecular flexibility index (Phi) is 34.1. The molecule has 51 heteroatoms. The number of aromatic nitrogens is 6. The maximum absolute atomic E-state index is 14.3. The van der Waals surface area contributed by atoms with E-state index in [2.05, 4.69) is 56.2 Å². The summed E-state index contributed by atoms with van der Waals surface area (Å²) in [6.07, 6.45) is -12.1. The van der Waals surface area contributed by atoms with Crippen LogP contribution in [0.2, 0.25) is 0 Å². The fraction of sp³-hybridized carbons (Fsp3) is 0.467. The number of ether oxygens (including phenoxy) is 8. The lowest BCUT2D eigenvalue weighted by Crippen LogP contribution is -2.48. The number of alkyl halides is 11. The van der Waals surface area contributed by atoms with Gasteiger partial charge in [-0.1, -0.05) is 51.9 Å². The van der Waals surface area contributed by atoms with Gasteiger partial charge in [-0.15, -0.1) is 23.2 Å². The third-order valence-electron chi connectivity index (χ3n) is 23.1. The number of sulfone groups is 3. The first kappa shape index (κ1) is 107. The van der Waals surface area contributed by atoms with Gasteiger partial charge in [-0.3, -0.25) is 39.3 Å². The molecule has 11 heterocycles. The average Bonchev–Trinajstić information content (AvgIpc) is 1.61. The number of rotatable bonds is 28. The zero-order valence-electron chi connectivity index (χ0n) is 76.6. The van der Waals surface area contributed by atoms with Crippen molar-refractivity contribution in [3.63, 3.8) is 0 Å². The monoisotopic (exact) mass is 2080 g/mol. The van der Waals surface area contributed by atoms with Crippen LogP contribution in [0.5, 0.6) is 34.5 Å². The number of halogens is 11. The van der Waals surface area contributed by atoms with E-state index in [9.17, 15) is 93.5 Å². The zero-order chi connectivity index (χ0) is 102. The number of carbonyl (C=O) groups is 6. The van der Waals surface area contributed by atoms with E-state index >= 15 is 0 Å². The summed E-state index contributed by atoms with van der Waals surface area (Å²) in [4.78, 5) is 91.4. The van der Waals surface area contributed by atoms with Crippen LogP contribution in [0.4, 0.5) is 53.9 Å².